The maximum Gasteiger partial charge on any atom is 0.118 e. The molecule has 1 N–H and O–H groups in total. The molecule has 0 radical (unpaired) electrons. The summed E-state index contributed by atoms with van der Waals surface area (Å²) in [6.07, 6.45) is 2.96. The summed E-state index contributed by atoms with van der Waals surface area (Å²) in [6, 6.07) is 8.84. The third-order valence-electron chi connectivity index (χ3n) is 4.62. The van der Waals surface area contributed by atoms with E-state index in [2.05, 4.69) is 45.1 Å². The van der Waals surface area contributed by atoms with Gasteiger partial charge in [0.25, 0.3) is 0 Å². The van der Waals surface area contributed by atoms with Crippen LogP contribution in [0.5, 0.6) is 5.75 Å². The van der Waals surface area contributed by atoms with Crippen LogP contribution in [0.25, 0.3) is 0 Å². The Balaban J connectivity index is 0.00000264. The van der Waals surface area contributed by atoms with E-state index < -0.39 is 0 Å². The second-order valence-electron chi connectivity index (χ2n) is 7.10. The van der Waals surface area contributed by atoms with Crippen molar-refractivity contribution in [2.45, 2.75) is 65.3 Å². The molecule has 1 fully saturated rings. The standard InChI is InChI=1S/C19H31NO2.ClH/c1-13(2)18-10-16(11-19(22-18)14(3)4)20-12-15-6-8-17(21-5)9-7-15;/h6-9,13-14,16,18-20H,10-12H2,1-5H3;1H. The average Bonchev–Trinajstić information content (AvgIpc) is 2.53. The second-order valence-corrected chi connectivity index (χ2v) is 7.10. The van der Waals surface area contributed by atoms with Crippen LogP contribution in [0.2, 0.25) is 0 Å². The minimum absolute atomic E-state index is 0. The van der Waals surface area contributed by atoms with Gasteiger partial charge in [-0.25, -0.2) is 0 Å². The van der Waals surface area contributed by atoms with E-state index in [1.165, 1.54) is 5.56 Å². The highest BCUT2D eigenvalue weighted by Gasteiger charge is 2.32. The highest BCUT2D eigenvalue weighted by atomic mass is 35.5. The molecule has 0 spiro atoms. The zero-order chi connectivity index (χ0) is 16.1. The molecule has 0 amide bonds. The van der Waals surface area contributed by atoms with Crippen molar-refractivity contribution in [2.75, 3.05) is 7.11 Å². The number of nitrogens with one attached hydrogen (secondary N) is 1. The predicted molar refractivity (Wildman–Crippen MR) is 98.4 cm³/mol. The van der Waals surface area contributed by atoms with Crippen molar-refractivity contribution in [2.24, 2.45) is 11.8 Å². The fourth-order valence-electron chi connectivity index (χ4n) is 3.02. The minimum Gasteiger partial charge on any atom is -0.497 e. The number of methoxy groups -OCH3 is 1. The van der Waals surface area contributed by atoms with E-state index in [9.17, 15) is 0 Å². The molecule has 2 rings (SSSR count). The summed E-state index contributed by atoms with van der Waals surface area (Å²) in [5.41, 5.74) is 1.30. The maximum absolute atomic E-state index is 6.27. The van der Waals surface area contributed by atoms with Gasteiger partial charge in [0.1, 0.15) is 5.75 Å². The first-order chi connectivity index (χ1) is 10.5. The molecule has 1 aliphatic rings. The van der Waals surface area contributed by atoms with E-state index in [4.69, 9.17) is 9.47 Å². The van der Waals surface area contributed by atoms with Crippen LogP contribution in [0, 0.1) is 11.8 Å². The molecule has 2 unspecified atom stereocenters. The lowest BCUT2D eigenvalue weighted by molar-refractivity contribution is -0.0995. The zero-order valence-electron chi connectivity index (χ0n) is 15.0. The van der Waals surface area contributed by atoms with Gasteiger partial charge >= 0.3 is 0 Å². The monoisotopic (exact) mass is 341 g/mol. The van der Waals surface area contributed by atoms with E-state index >= 15 is 0 Å². The topological polar surface area (TPSA) is 30.5 Å². The fraction of sp³-hybridized carbons (Fsp3) is 0.684. The van der Waals surface area contributed by atoms with Gasteiger partial charge in [0.05, 0.1) is 19.3 Å². The summed E-state index contributed by atoms with van der Waals surface area (Å²) in [6.45, 7) is 9.94. The van der Waals surface area contributed by atoms with Crippen LogP contribution >= 0.6 is 12.4 Å². The maximum atomic E-state index is 6.27. The number of hydrogen-bond acceptors (Lipinski definition) is 3. The van der Waals surface area contributed by atoms with Crippen LogP contribution in [-0.2, 0) is 11.3 Å². The van der Waals surface area contributed by atoms with E-state index in [1.54, 1.807) is 7.11 Å². The van der Waals surface area contributed by atoms with Crippen molar-refractivity contribution in [1.82, 2.24) is 5.32 Å². The van der Waals surface area contributed by atoms with Gasteiger partial charge in [-0.3, -0.25) is 0 Å². The molecule has 3 nitrogen and oxygen atoms in total. The first-order valence-electron chi connectivity index (χ1n) is 8.51. The van der Waals surface area contributed by atoms with Crippen LogP contribution < -0.4 is 10.1 Å². The Labute approximate surface area is 147 Å². The van der Waals surface area contributed by atoms with Gasteiger partial charge in [0.15, 0.2) is 0 Å². The molecule has 1 aliphatic heterocycles. The molecule has 4 heteroatoms. The Morgan fingerprint density at radius 3 is 2.00 bits per heavy atom. The molecule has 0 saturated carbocycles. The molecular formula is C19H32ClNO2. The summed E-state index contributed by atoms with van der Waals surface area (Å²) < 4.78 is 11.5. The summed E-state index contributed by atoms with van der Waals surface area (Å²) in [7, 11) is 1.70. The van der Waals surface area contributed by atoms with Gasteiger partial charge in [-0.05, 0) is 42.4 Å². The van der Waals surface area contributed by atoms with E-state index in [0.717, 1.165) is 25.1 Å². The number of halogens is 1. The summed E-state index contributed by atoms with van der Waals surface area (Å²) in [4.78, 5) is 0. The quantitative estimate of drug-likeness (QED) is 0.830. The molecular weight excluding hydrogens is 310 g/mol. The van der Waals surface area contributed by atoms with Gasteiger partial charge in [0, 0.05) is 12.6 Å². The molecule has 0 aromatic heterocycles. The third-order valence-corrected chi connectivity index (χ3v) is 4.62. The highest BCUT2D eigenvalue weighted by molar-refractivity contribution is 5.85. The molecule has 23 heavy (non-hydrogen) atoms. The lowest BCUT2D eigenvalue weighted by atomic mass is 9.88. The fourth-order valence-corrected chi connectivity index (χ4v) is 3.02. The van der Waals surface area contributed by atoms with Gasteiger partial charge in [-0.1, -0.05) is 39.8 Å². The van der Waals surface area contributed by atoms with Crippen molar-refractivity contribution < 1.29 is 9.47 Å². The van der Waals surface area contributed by atoms with Gasteiger partial charge in [0.2, 0.25) is 0 Å². The molecule has 1 aromatic carbocycles. The Bertz CT molecular complexity index is 431. The van der Waals surface area contributed by atoms with Gasteiger partial charge in [-0.15, -0.1) is 12.4 Å². The second kappa shape index (κ2) is 9.51. The number of hydrogen-bond donors (Lipinski definition) is 1. The number of ether oxygens (including phenoxy) is 2. The van der Waals surface area contributed by atoms with Crippen LogP contribution in [0.15, 0.2) is 24.3 Å². The van der Waals surface area contributed by atoms with Crippen LogP contribution in [0.4, 0.5) is 0 Å². The van der Waals surface area contributed by atoms with Crippen LogP contribution in [-0.4, -0.2) is 25.4 Å². The first kappa shape index (κ1) is 20.3. The first-order valence-corrected chi connectivity index (χ1v) is 8.51. The molecule has 1 aromatic rings. The highest BCUT2D eigenvalue weighted by Crippen LogP contribution is 2.28. The molecule has 1 saturated heterocycles. The zero-order valence-corrected chi connectivity index (χ0v) is 15.9. The summed E-state index contributed by atoms with van der Waals surface area (Å²) in [5.74, 6) is 2.06. The number of benzene rings is 1. The van der Waals surface area contributed by atoms with E-state index in [-0.39, 0.29) is 12.4 Å². The van der Waals surface area contributed by atoms with E-state index in [0.29, 0.717) is 30.1 Å². The molecule has 0 aliphatic carbocycles. The van der Waals surface area contributed by atoms with Crippen molar-refractivity contribution in [3.63, 3.8) is 0 Å². The summed E-state index contributed by atoms with van der Waals surface area (Å²) in [5, 5.41) is 3.72. The van der Waals surface area contributed by atoms with Crippen molar-refractivity contribution in [3.8, 4) is 5.75 Å². The minimum atomic E-state index is 0. The van der Waals surface area contributed by atoms with Crippen molar-refractivity contribution in [1.29, 1.82) is 0 Å². The SMILES string of the molecule is COc1ccc(CNC2CC(C(C)C)OC(C(C)C)C2)cc1.Cl. The Kier molecular flexibility index (Phi) is 8.38. The Morgan fingerprint density at radius 1 is 1.04 bits per heavy atom. The molecule has 2 atom stereocenters. The summed E-state index contributed by atoms with van der Waals surface area (Å²) >= 11 is 0. The average molecular weight is 342 g/mol. The van der Waals surface area contributed by atoms with Crippen LogP contribution in [0.3, 0.4) is 0 Å². The van der Waals surface area contributed by atoms with E-state index in [1.807, 2.05) is 12.1 Å². The normalized spacial score (nSPS) is 24.6. The smallest absolute Gasteiger partial charge is 0.118 e. The molecule has 132 valence electrons. The largest absolute Gasteiger partial charge is 0.497 e. The Hall–Kier alpha value is -0.770. The lowest BCUT2D eigenvalue weighted by Gasteiger charge is -2.39. The van der Waals surface area contributed by atoms with Gasteiger partial charge < -0.3 is 14.8 Å². The van der Waals surface area contributed by atoms with Crippen LogP contribution in [0.1, 0.15) is 46.1 Å². The Morgan fingerprint density at radius 2 is 1.57 bits per heavy atom. The lowest BCUT2D eigenvalue weighted by Crippen LogP contribution is -2.46. The van der Waals surface area contributed by atoms with Gasteiger partial charge in [-0.2, -0.15) is 0 Å². The van der Waals surface area contributed by atoms with Crippen molar-refractivity contribution in [3.05, 3.63) is 29.8 Å². The number of rotatable bonds is 6. The molecule has 0 bridgehead atoms. The predicted octanol–water partition coefficient (Wildman–Crippen LogP) is 4.43. The van der Waals surface area contributed by atoms with Crippen molar-refractivity contribution >= 4 is 12.4 Å². The third kappa shape index (κ3) is 5.98. The molecule has 1 heterocycles.